The number of amides is 2. The van der Waals surface area contributed by atoms with E-state index >= 15 is 0 Å². The van der Waals surface area contributed by atoms with Crippen LogP contribution in [0.2, 0.25) is 0 Å². The summed E-state index contributed by atoms with van der Waals surface area (Å²) >= 11 is 1.19. The maximum atomic E-state index is 12.4. The van der Waals surface area contributed by atoms with Gasteiger partial charge in [0, 0.05) is 18.8 Å². The van der Waals surface area contributed by atoms with Crippen molar-refractivity contribution in [1.29, 1.82) is 0 Å². The summed E-state index contributed by atoms with van der Waals surface area (Å²) in [5.41, 5.74) is 2.14. The number of carbonyl (C=O) groups excluding carboxylic acids is 2. The van der Waals surface area contributed by atoms with Gasteiger partial charge in [-0.15, -0.1) is 11.3 Å². The molecule has 0 spiro atoms. The van der Waals surface area contributed by atoms with Crippen LogP contribution in [0.4, 0.5) is 0 Å². The van der Waals surface area contributed by atoms with E-state index in [9.17, 15) is 14.4 Å². The Morgan fingerprint density at radius 2 is 2.12 bits per heavy atom. The van der Waals surface area contributed by atoms with Crippen molar-refractivity contribution in [3.63, 3.8) is 0 Å². The Kier molecular flexibility index (Phi) is 5.32. The first-order valence-corrected chi connectivity index (χ1v) is 9.13. The fourth-order valence-corrected chi connectivity index (χ4v) is 3.87. The topological polar surface area (TPSA) is 99.6 Å². The zero-order valence-corrected chi connectivity index (χ0v) is 15.1. The van der Waals surface area contributed by atoms with Gasteiger partial charge in [-0.2, -0.15) is 0 Å². The molecule has 136 valence electrons. The maximum absolute atomic E-state index is 12.4. The Labute approximate surface area is 154 Å². The van der Waals surface area contributed by atoms with Crippen molar-refractivity contribution >= 4 is 29.1 Å². The molecule has 1 aliphatic rings. The van der Waals surface area contributed by atoms with E-state index in [1.54, 1.807) is 4.90 Å². The van der Waals surface area contributed by atoms with Crippen molar-refractivity contribution in [2.24, 2.45) is 0 Å². The van der Waals surface area contributed by atoms with Crippen LogP contribution in [0.3, 0.4) is 0 Å². The Bertz CT molecular complexity index is 848. The normalized spacial score (nSPS) is 16.0. The van der Waals surface area contributed by atoms with Crippen molar-refractivity contribution in [1.82, 2.24) is 15.2 Å². The minimum Gasteiger partial charge on any atom is -0.476 e. The summed E-state index contributed by atoms with van der Waals surface area (Å²) in [5.74, 6) is -1.34. The molecule has 2 N–H and O–H groups in total. The fraction of sp³-hybridized carbons (Fsp3) is 0.333. The first-order chi connectivity index (χ1) is 12.5. The Balaban J connectivity index is 1.68. The monoisotopic (exact) mass is 373 g/mol. The number of carboxylic acid groups (broad SMARTS) is 1. The van der Waals surface area contributed by atoms with Gasteiger partial charge in [-0.05, 0) is 17.5 Å². The number of hydrogen-bond acceptors (Lipinski definition) is 5. The number of thiazole rings is 1. The molecule has 0 fully saturated rings. The highest BCUT2D eigenvalue weighted by molar-refractivity contribution is 7.09. The largest absolute Gasteiger partial charge is 0.476 e. The van der Waals surface area contributed by atoms with Gasteiger partial charge in [-0.25, -0.2) is 9.78 Å². The summed E-state index contributed by atoms with van der Waals surface area (Å²) in [5, 5.41) is 13.6. The van der Waals surface area contributed by atoms with Crippen molar-refractivity contribution in [3.8, 4) is 0 Å². The first kappa shape index (κ1) is 18.1. The van der Waals surface area contributed by atoms with E-state index in [1.807, 2.05) is 24.3 Å². The van der Waals surface area contributed by atoms with Gasteiger partial charge in [-0.3, -0.25) is 9.59 Å². The predicted molar refractivity (Wildman–Crippen MR) is 95.8 cm³/mol. The van der Waals surface area contributed by atoms with E-state index in [0.717, 1.165) is 17.5 Å². The molecule has 7 nitrogen and oxygen atoms in total. The van der Waals surface area contributed by atoms with Crippen molar-refractivity contribution in [3.05, 3.63) is 51.5 Å². The van der Waals surface area contributed by atoms with Crippen LogP contribution >= 0.6 is 11.3 Å². The lowest BCUT2D eigenvalue weighted by Crippen LogP contribution is -2.41. The highest BCUT2D eigenvalue weighted by Gasteiger charge is 2.30. The summed E-state index contributed by atoms with van der Waals surface area (Å²) in [6.07, 6.45) is 0.943. The number of carbonyl (C=O) groups is 3. The van der Waals surface area contributed by atoms with Gasteiger partial charge >= 0.3 is 5.97 Å². The zero-order valence-electron chi connectivity index (χ0n) is 14.3. The molecule has 0 aliphatic carbocycles. The highest BCUT2D eigenvalue weighted by Crippen LogP contribution is 2.32. The number of rotatable bonds is 5. The minimum atomic E-state index is -1.09. The van der Waals surface area contributed by atoms with E-state index in [0.29, 0.717) is 11.6 Å². The second-order valence-electron chi connectivity index (χ2n) is 6.09. The number of nitrogens with zero attached hydrogens (tertiary/aromatic N) is 2. The number of carboxylic acids is 1. The van der Waals surface area contributed by atoms with Crippen LogP contribution < -0.4 is 5.32 Å². The number of hydrogen-bond donors (Lipinski definition) is 2. The molecule has 1 aliphatic heterocycles. The SMILES string of the molecule is CC(=O)N1CCc2ccccc2[C@H]1CC(=O)NCc1nc(C(=O)O)cs1. The van der Waals surface area contributed by atoms with Crippen LogP contribution in [0.5, 0.6) is 0 Å². The van der Waals surface area contributed by atoms with Gasteiger partial charge in [0.15, 0.2) is 5.69 Å². The van der Waals surface area contributed by atoms with Gasteiger partial charge in [0.1, 0.15) is 5.01 Å². The van der Waals surface area contributed by atoms with E-state index in [-0.39, 0.29) is 36.5 Å². The molecule has 2 aromatic rings. The van der Waals surface area contributed by atoms with Crippen LogP contribution in [0.25, 0.3) is 0 Å². The van der Waals surface area contributed by atoms with Gasteiger partial charge in [-0.1, -0.05) is 24.3 Å². The Hall–Kier alpha value is -2.74. The van der Waals surface area contributed by atoms with E-state index in [2.05, 4.69) is 10.3 Å². The molecule has 8 heteroatoms. The quantitative estimate of drug-likeness (QED) is 0.835. The molecular formula is C18H19N3O4S. The van der Waals surface area contributed by atoms with E-state index < -0.39 is 5.97 Å². The lowest BCUT2D eigenvalue weighted by atomic mass is 9.90. The molecule has 0 bridgehead atoms. The summed E-state index contributed by atoms with van der Waals surface area (Å²) < 4.78 is 0. The number of benzene rings is 1. The highest BCUT2D eigenvalue weighted by atomic mass is 32.1. The molecular weight excluding hydrogens is 354 g/mol. The molecule has 26 heavy (non-hydrogen) atoms. The molecule has 0 saturated carbocycles. The molecule has 3 rings (SSSR count). The molecule has 2 amide bonds. The number of aromatic carboxylic acids is 1. The van der Waals surface area contributed by atoms with Crippen molar-refractivity contribution in [2.75, 3.05) is 6.54 Å². The Morgan fingerprint density at radius 1 is 1.35 bits per heavy atom. The number of fused-ring (bicyclic) bond motifs is 1. The standard InChI is InChI=1S/C18H19N3O4S/c1-11(22)21-7-6-12-4-2-3-5-13(12)15(21)8-16(23)19-9-17-20-14(10-26-17)18(24)25/h2-5,10,15H,6-9H2,1H3,(H,19,23)(H,24,25)/t15-/m1/s1. The zero-order chi connectivity index (χ0) is 18.7. The summed E-state index contributed by atoms with van der Waals surface area (Å²) in [7, 11) is 0. The van der Waals surface area contributed by atoms with E-state index in [1.165, 1.54) is 23.6 Å². The number of nitrogens with one attached hydrogen (secondary N) is 1. The Morgan fingerprint density at radius 3 is 2.81 bits per heavy atom. The van der Waals surface area contributed by atoms with Crippen LogP contribution in [0.15, 0.2) is 29.6 Å². The first-order valence-electron chi connectivity index (χ1n) is 8.25. The molecule has 1 aromatic carbocycles. The van der Waals surface area contributed by atoms with Crippen LogP contribution in [-0.4, -0.2) is 39.3 Å². The van der Waals surface area contributed by atoms with Crippen molar-refractivity contribution < 1.29 is 19.5 Å². The average Bonchev–Trinajstić information content (AvgIpc) is 3.09. The molecule has 1 atom stereocenters. The maximum Gasteiger partial charge on any atom is 0.355 e. The molecule has 1 aromatic heterocycles. The average molecular weight is 373 g/mol. The second kappa shape index (κ2) is 7.65. The van der Waals surface area contributed by atoms with Crippen LogP contribution in [0.1, 0.15) is 46.0 Å². The van der Waals surface area contributed by atoms with E-state index in [4.69, 9.17) is 5.11 Å². The van der Waals surface area contributed by atoms with Crippen molar-refractivity contribution in [2.45, 2.75) is 32.4 Å². The molecule has 2 heterocycles. The molecule has 0 radical (unpaired) electrons. The lowest BCUT2D eigenvalue weighted by molar-refractivity contribution is -0.133. The van der Waals surface area contributed by atoms with Gasteiger partial charge in [0.2, 0.25) is 11.8 Å². The smallest absolute Gasteiger partial charge is 0.355 e. The molecule has 0 unspecified atom stereocenters. The number of aromatic nitrogens is 1. The minimum absolute atomic E-state index is 0.0248. The third kappa shape index (κ3) is 3.91. The summed E-state index contributed by atoms with van der Waals surface area (Å²) in [6, 6.07) is 7.57. The third-order valence-corrected chi connectivity index (χ3v) is 5.25. The summed E-state index contributed by atoms with van der Waals surface area (Å²) in [6.45, 7) is 2.28. The van der Waals surface area contributed by atoms with Crippen LogP contribution in [0, 0.1) is 0 Å². The fourth-order valence-electron chi connectivity index (χ4n) is 3.16. The second-order valence-corrected chi connectivity index (χ2v) is 7.03. The van der Waals surface area contributed by atoms with Gasteiger partial charge in [0.05, 0.1) is 19.0 Å². The van der Waals surface area contributed by atoms with Gasteiger partial charge in [0.25, 0.3) is 0 Å². The molecule has 0 saturated heterocycles. The van der Waals surface area contributed by atoms with Crippen LogP contribution in [-0.2, 0) is 22.6 Å². The van der Waals surface area contributed by atoms with Gasteiger partial charge < -0.3 is 15.3 Å². The lowest BCUT2D eigenvalue weighted by Gasteiger charge is -2.36. The summed E-state index contributed by atoms with van der Waals surface area (Å²) in [4.78, 5) is 40.9. The predicted octanol–water partition coefficient (Wildman–Crippen LogP) is 1.99. The third-order valence-electron chi connectivity index (χ3n) is 4.40.